The molecule has 76 valence electrons. The smallest absolute Gasteiger partial charge is 0.0397 e. The molecule has 0 amide bonds. The molecule has 3 nitrogen and oxygen atoms in total. The fourth-order valence-corrected chi connectivity index (χ4v) is 1.83. The van der Waals surface area contributed by atoms with E-state index in [2.05, 4.69) is 28.9 Å². The first-order chi connectivity index (χ1) is 6.67. The molecule has 1 saturated heterocycles. The lowest BCUT2D eigenvalue weighted by Crippen LogP contribution is -2.48. The van der Waals surface area contributed by atoms with Crippen molar-refractivity contribution in [3.63, 3.8) is 0 Å². The van der Waals surface area contributed by atoms with Crippen molar-refractivity contribution in [1.29, 1.82) is 0 Å². The summed E-state index contributed by atoms with van der Waals surface area (Å²) >= 11 is 0. The molecule has 3 heteroatoms. The van der Waals surface area contributed by atoms with Crippen molar-refractivity contribution < 1.29 is 0 Å². The van der Waals surface area contributed by atoms with Gasteiger partial charge >= 0.3 is 0 Å². The van der Waals surface area contributed by atoms with Crippen molar-refractivity contribution in [2.45, 2.75) is 25.3 Å². The van der Waals surface area contributed by atoms with Crippen molar-refractivity contribution in [3.8, 4) is 0 Å². The van der Waals surface area contributed by atoms with Gasteiger partial charge in [0.15, 0.2) is 0 Å². The monoisotopic (exact) mass is 191 g/mol. The fraction of sp³-hybridized carbons (Fsp3) is 0.545. The van der Waals surface area contributed by atoms with Gasteiger partial charge in [-0.3, -0.25) is 4.98 Å². The minimum atomic E-state index is 0.0313. The molecule has 1 aromatic heterocycles. The van der Waals surface area contributed by atoms with Crippen LogP contribution in [0.15, 0.2) is 24.5 Å². The molecule has 14 heavy (non-hydrogen) atoms. The number of nitrogens with two attached hydrogens (primary N) is 1. The van der Waals surface area contributed by atoms with Gasteiger partial charge in [-0.15, -0.1) is 0 Å². The number of nitrogens with zero attached hydrogens (tertiary/aromatic N) is 2. The van der Waals surface area contributed by atoms with Crippen LogP contribution in [0.5, 0.6) is 0 Å². The molecule has 0 saturated carbocycles. The first-order valence-corrected chi connectivity index (χ1v) is 5.11. The highest BCUT2D eigenvalue weighted by Crippen LogP contribution is 2.23. The van der Waals surface area contributed by atoms with Gasteiger partial charge in [-0.05, 0) is 31.9 Å². The molecule has 0 aliphatic carbocycles. The van der Waals surface area contributed by atoms with E-state index in [0.29, 0.717) is 0 Å². The largest absolute Gasteiger partial charge is 0.371 e. The van der Waals surface area contributed by atoms with Crippen LogP contribution in [0.25, 0.3) is 0 Å². The highest BCUT2D eigenvalue weighted by molar-refractivity contribution is 5.45. The molecule has 0 bridgehead atoms. The van der Waals surface area contributed by atoms with E-state index < -0.39 is 0 Å². The third-order valence-corrected chi connectivity index (χ3v) is 2.93. The lowest BCUT2D eigenvalue weighted by Gasteiger charge is -2.37. The third-order valence-electron chi connectivity index (χ3n) is 2.93. The summed E-state index contributed by atoms with van der Waals surface area (Å²) in [6.45, 7) is 4.24. The van der Waals surface area contributed by atoms with Gasteiger partial charge in [-0.25, -0.2) is 0 Å². The highest BCUT2D eigenvalue weighted by Gasteiger charge is 2.25. The molecule has 0 spiro atoms. The maximum absolute atomic E-state index is 6.08. The lowest BCUT2D eigenvalue weighted by atomic mass is 9.91. The van der Waals surface area contributed by atoms with Crippen molar-refractivity contribution >= 4 is 5.69 Å². The van der Waals surface area contributed by atoms with Gasteiger partial charge in [0.1, 0.15) is 0 Å². The van der Waals surface area contributed by atoms with Crippen molar-refractivity contribution in [2.75, 3.05) is 18.0 Å². The Hall–Kier alpha value is -1.09. The van der Waals surface area contributed by atoms with E-state index >= 15 is 0 Å². The molecule has 2 heterocycles. The van der Waals surface area contributed by atoms with E-state index in [4.69, 9.17) is 5.73 Å². The summed E-state index contributed by atoms with van der Waals surface area (Å²) < 4.78 is 0. The minimum Gasteiger partial charge on any atom is -0.371 e. The summed E-state index contributed by atoms with van der Waals surface area (Å²) in [4.78, 5) is 6.39. The van der Waals surface area contributed by atoms with Crippen LogP contribution >= 0.6 is 0 Å². The van der Waals surface area contributed by atoms with E-state index in [1.54, 1.807) is 0 Å². The number of anilines is 1. The van der Waals surface area contributed by atoms with Gasteiger partial charge in [0, 0.05) is 36.7 Å². The summed E-state index contributed by atoms with van der Waals surface area (Å²) in [5.41, 5.74) is 7.37. The Balaban J connectivity index is 2.03. The standard InChI is InChI=1S/C11H17N3/c1-11(12)4-8-14(9-5-11)10-2-6-13-7-3-10/h2-3,6-7H,4-5,8-9,12H2,1H3. The lowest BCUT2D eigenvalue weighted by molar-refractivity contribution is 0.364. The average molecular weight is 191 g/mol. The van der Waals surface area contributed by atoms with Crippen LogP contribution < -0.4 is 10.6 Å². The maximum atomic E-state index is 6.08. The summed E-state index contributed by atoms with van der Waals surface area (Å²) in [6, 6.07) is 4.11. The highest BCUT2D eigenvalue weighted by atomic mass is 15.1. The molecule has 1 aliphatic rings. The van der Waals surface area contributed by atoms with Crippen LogP contribution in [-0.2, 0) is 0 Å². The predicted molar refractivity (Wildman–Crippen MR) is 58.3 cm³/mol. The summed E-state index contributed by atoms with van der Waals surface area (Å²) in [7, 11) is 0. The molecule has 0 aromatic carbocycles. The molecule has 1 fully saturated rings. The van der Waals surface area contributed by atoms with Crippen LogP contribution in [0.3, 0.4) is 0 Å². The average Bonchev–Trinajstić information content (AvgIpc) is 2.19. The SMILES string of the molecule is CC1(N)CCN(c2ccncc2)CC1. The molecule has 2 N–H and O–H groups in total. The number of rotatable bonds is 1. The van der Waals surface area contributed by atoms with E-state index in [0.717, 1.165) is 25.9 Å². The van der Waals surface area contributed by atoms with Crippen molar-refractivity contribution in [3.05, 3.63) is 24.5 Å². The maximum Gasteiger partial charge on any atom is 0.0397 e. The Bertz CT molecular complexity index is 285. The number of hydrogen-bond acceptors (Lipinski definition) is 3. The number of hydrogen-bond donors (Lipinski definition) is 1. The molecule has 1 aromatic rings. The van der Waals surface area contributed by atoms with Crippen LogP contribution in [0.4, 0.5) is 5.69 Å². The number of piperidine rings is 1. The normalized spacial score (nSPS) is 20.9. The van der Waals surface area contributed by atoms with Gasteiger partial charge in [0.25, 0.3) is 0 Å². The second-order valence-electron chi connectivity index (χ2n) is 4.35. The van der Waals surface area contributed by atoms with Gasteiger partial charge in [-0.1, -0.05) is 0 Å². The van der Waals surface area contributed by atoms with E-state index in [9.17, 15) is 0 Å². The molecule has 0 atom stereocenters. The van der Waals surface area contributed by atoms with Crippen molar-refractivity contribution in [1.82, 2.24) is 4.98 Å². The Kier molecular flexibility index (Phi) is 2.42. The van der Waals surface area contributed by atoms with Crippen LogP contribution in [-0.4, -0.2) is 23.6 Å². The topological polar surface area (TPSA) is 42.1 Å². The molecule has 0 unspecified atom stereocenters. The van der Waals surface area contributed by atoms with Crippen molar-refractivity contribution in [2.24, 2.45) is 5.73 Å². The Morgan fingerprint density at radius 1 is 1.29 bits per heavy atom. The van der Waals surface area contributed by atoms with Gasteiger partial charge in [0.05, 0.1) is 0 Å². The zero-order valence-electron chi connectivity index (χ0n) is 8.61. The quantitative estimate of drug-likeness (QED) is 0.729. The van der Waals surface area contributed by atoms with Crippen LogP contribution in [0, 0.1) is 0 Å². The second-order valence-corrected chi connectivity index (χ2v) is 4.35. The first-order valence-electron chi connectivity index (χ1n) is 5.11. The van der Waals surface area contributed by atoms with Gasteiger partial charge < -0.3 is 10.6 Å². The second kappa shape index (κ2) is 3.58. The fourth-order valence-electron chi connectivity index (χ4n) is 1.83. The molecular weight excluding hydrogens is 174 g/mol. The van der Waals surface area contributed by atoms with E-state index in [1.807, 2.05) is 12.4 Å². The zero-order chi connectivity index (χ0) is 10.0. The van der Waals surface area contributed by atoms with Crippen LogP contribution in [0.1, 0.15) is 19.8 Å². The predicted octanol–water partition coefficient (Wildman–Crippen LogP) is 1.40. The zero-order valence-corrected chi connectivity index (χ0v) is 8.61. The van der Waals surface area contributed by atoms with Crippen LogP contribution in [0.2, 0.25) is 0 Å². The molecule has 2 rings (SSSR count). The van der Waals surface area contributed by atoms with E-state index in [1.165, 1.54) is 5.69 Å². The number of aromatic nitrogens is 1. The Morgan fingerprint density at radius 2 is 1.86 bits per heavy atom. The number of pyridine rings is 1. The molecule has 0 radical (unpaired) electrons. The minimum absolute atomic E-state index is 0.0313. The van der Waals surface area contributed by atoms with Gasteiger partial charge in [0.2, 0.25) is 0 Å². The van der Waals surface area contributed by atoms with E-state index in [-0.39, 0.29) is 5.54 Å². The molecule has 1 aliphatic heterocycles. The Labute approximate surface area is 84.9 Å². The summed E-state index contributed by atoms with van der Waals surface area (Å²) in [5, 5.41) is 0. The Morgan fingerprint density at radius 3 is 2.43 bits per heavy atom. The summed E-state index contributed by atoms with van der Waals surface area (Å²) in [6.07, 6.45) is 5.81. The first kappa shape index (κ1) is 9.46. The molecular formula is C11H17N3. The summed E-state index contributed by atoms with van der Waals surface area (Å²) in [5.74, 6) is 0. The van der Waals surface area contributed by atoms with Gasteiger partial charge in [-0.2, -0.15) is 0 Å². The third kappa shape index (κ3) is 2.04.